The lowest BCUT2D eigenvalue weighted by Gasteiger charge is -2.21. The van der Waals surface area contributed by atoms with Crippen molar-refractivity contribution in [3.63, 3.8) is 0 Å². The fraction of sp³-hybridized carbons (Fsp3) is 0.182. The number of rotatable bonds is 7. The maximum absolute atomic E-state index is 13.8. The number of hydrogen-bond donors (Lipinski definition) is 1. The zero-order valence-corrected chi connectivity index (χ0v) is 20.1. The molecule has 1 amide bonds. The van der Waals surface area contributed by atoms with Gasteiger partial charge in [-0.1, -0.05) is 47.4 Å². The number of anilines is 4. The first-order valence-electron chi connectivity index (χ1n) is 9.71. The molecule has 2 aromatic heterocycles. The second-order valence-corrected chi connectivity index (χ2v) is 10.00. The summed E-state index contributed by atoms with van der Waals surface area (Å²) in [5, 5.41) is 14.3. The van der Waals surface area contributed by atoms with Gasteiger partial charge in [0.2, 0.25) is 11.0 Å². The summed E-state index contributed by atoms with van der Waals surface area (Å²) < 4.78 is 14.5. The Labute approximate surface area is 197 Å². The van der Waals surface area contributed by atoms with Gasteiger partial charge in [0.1, 0.15) is 5.82 Å². The molecule has 164 valence electrons. The van der Waals surface area contributed by atoms with Gasteiger partial charge in [0.05, 0.1) is 17.1 Å². The number of hydrogen-bond acceptors (Lipinski definition) is 8. The molecule has 6 nitrogen and oxygen atoms in total. The predicted octanol–water partition coefficient (Wildman–Crippen LogP) is 6.47. The van der Waals surface area contributed by atoms with Gasteiger partial charge < -0.3 is 5.32 Å². The first-order valence-corrected chi connectivity index (χ1v) is 12.4. The van der Waals surface area contributed by atoms with Crippen molar-refractivity contribution in [3.8, 4) is 0 Å². The van der Waals surface area contributed by atoms with Crippen molar-refractivity contribution < 1.29 is 9.18 Å². The average molecular weight is 486 g/mol. The number of nitrogens with one attached hydrogen (secondary N) is 1. The molecule has 1 N–H and O–H groups in total. The van der Waals surface area contributed by atoms with E-state index in [9.17, 15) is 9.18 Å². The Kier molecular flexibility index (Phi) is 6.83. The number of carbonyl (C=O) groups excluding carboxylic acids is 1. The minimum absolute atomic E-state index is 0.0831. The van der Waals surface area contributed by atoms with E-state index in [4.69, 9.17) is 0 Å². The van der Waals surface area contributed by atoms with Crippen LogP contribution in [-0.4, -0.2) is 21.1 Å². The van der Waals surface area contributed by atoms with E-state index in [1.807, 2.05) is 37.4 Å². The molecule has 0 aliphatic heterocycles. The molecule has 0 radical (unpaired) electrons. The van der Waals surface area contributed by atoms with Gasteiger partial charge in [0, 0.05) is 18.1 Å². The van der Waals surface area contributed by atoms with Gasteiger partial charge >= 0.3 is 0 Å². The summed E-state index contributed by atoms with van der Waals surface area (Å²) in [6, 6.07) is 12.3. The molecule has 0 spiro atoms. The van der Waals surface area contributed by atoms with Crippen LogP contribution in [0.25, 0.3) is 0 Å². The van der Waals surface area contributed by atoms with Gasteiger partial charge in [-0.2, -0.15) is 0 Å². The normalized spacial score (nSPS) is 10.9. The summed E-state index contributed by atoms with van der Waals surface area (Å²) in [7, 11) is 0. The van der Waals surface area contributed by atoms with Gasteiger partial charge in [-0.3, -0.25) is 9.69 Å². The summed E-state index contributed by atoms with van der Waals surface area (Å²) in [4.78, 5) is 18.7. The minimum atomic E-state index is -0.342. The third-order valence-corrected chi connectivity index (χ3v) is 7.61. The Bertz CT molecular complexity index is 1260. The second kappa shape index (κ2) is 9.76. The van der Waals surface area contributed by atoms with Crippen molar-refractivity contribution in [3.05, 3.63) is 70.5 Å². The second-order valence-electron chi connectivity index (χ2n) is 6.96. The lowest BCUT2D eigenvalue weighted by atomic mass is 10.1. The maximum atomic E-state index is 13.8. The van der Waals surface area contributed by atoms with Crippen LogP contribution in [0, 0.1) is 19.7 Å². The van der Waals surface area contributed by atoms with Crippen molar-refractivity contribution in [2.24, 2.45) is 0 Å². The molecular formula is C22H20FN5OS3. The number of nitrogens with zero attached hydrogens (tertiary/aromatic N) is 4. The third kappa shape index (κ3) is 4.98. The van der Waals surface area contributed by atoms with Crippen molar-refractivity contribution in [1.29, 1.82) is 0 Å². The molecule has 0 fully saturated rings. The molecule has 2 heterocycles. The lowest BCUT2D eigenvalue weighted by Crippen LogP contribution is -2.23. The highest BCUT2D eigenvalue weighted by Gasteiger charge is 2.20. The fourth-order valence-corrected chi connectivity index (χ4v) is 5.62. The SMILES string of the molecule is CC(=O)N(c1nc(CSc2nnc(Nc3ccccc3F)s2)cs1)c1cccc(C)c1C. The highest BCUT2D eigenvalue weighted by molar-refractivity contribution is 8.00. The molecule has 0 bridgehead atoms. The van der Waals surface area contributed by atoms with Crippen LogP contribution in [0.3, 0.4) is 0 Å². The monoisotopic (exact) mass is 485 g/mol. The summed E-state index contributed by atoms with van der Waals surface area (Å²) in [6.45, 7) is 5.58. The number of thiazole rings is 1. The van der Waals surface area contributed by atoms with Crippen LogP contribution in [0.1, 0.15) is 23.7 Å². The van der Waals surface area contributed by atoms with Crippen molar-refractivity contribution in [1.82, 2.24) is 15.2 Å². The molecular weight excluding hydrogens is 465 g/mol. The highest BCUT2D eigenvalue weighted by Crippen LogP contribution is 2.35. The molecule has 0 aliphatic carbocycles. The van der Waals surface area contributed by atoms with Crippen LogP contribution in [0.2, 0.25) is 0 Å². The van der Waals surface area contributed by atoms with E-state index in [1.54, 1.807) is 30.0 Å². The van der Waals surface area contributed by atoms with Gasteiger partial charge in [-0.25, -0.2) is 9.37 Å². The molecule has 0 unspecified atom stereocenters. The average Bonchev–Trinajstić information content (AvgIpc) is 3.41. The molecule has 4 aromatic rings. The fourth-order valence-electron chi connectivity index (χ4n) is 2.98. The number of carbonyl (C=O) groups is 1. The van der Waals surface area contributed by atoms with Crippen LogP contribution in [0.5, 0.6) is 0 Å². The molecule has 0 saturated carbocycles. The minimum Gasteiger partial charge on any atom is -0.328 e. The van der Waals surface area contributed by atoms with E-state index in [0.717, 1.165) is 26.8 Å². The summed E-state index contributed by atoms with van der Waals surface area (Å²) in [5.41, 5.74) is 4.24. The number of para-hydroxylation sites is 1. The predicted molar refractivity (Wildman–Crippen MR) is 130 cm³/mol. The molecule has 0 aliphatic rings. The Morgan fingerprint density at radius 3 is 2.75 bits per heavy atom. The van der Waals surface area contributed by atoms with E-state index < -0.39 is 0 Å². The van der Waals surface area contributed by atoms with E-state index in [-0.39, 0.29) is 11.7 Å². The Morgan fingerprint density at radius 1 is 1.16 bits per heavy atom. The lowest BCUT2D eigenvalue weighted by molar-refractivity contribution is -0.115. The van der Waals surface area contributed by atoms with Gasteiger partial charge in [-0.05, 0) is 43.2 Å². The molecule has 10 heteroatoms. The summed E-state index contributed by atoms with van der Waals surface area (Å²) in [6.07, 6.45) is 0. The summed E-state index contributed by atoms with van der Waals surface area (Å²) >= 11 is 4.28. The molecule has 0 saturated heterocycles. The van der Waals surface area contributed by atoms with Crippen molar-refractivity contribution in [2.45, 2.75) is 30.9 Å². The van der Waals surface area contributed by atoms with E-state index in [2.05, 4.69) is 20.5 Å². The molecule has 0 atom stereocenters. The largest absolute Gasteiger partial charge is 0.328 e. The van der Waals surface area contributed by atoms with E-state index >= 15 is 0 Å². The first-order chi connectivity index (χ1) is 15.4. The molecule has 32 heavy (non-hydrogen) atoms. The van der Waals surface area contributed by atoms with Crippen LogP contribution >= 0.6 is 34.4 Å². The van der Waals surface area contributed by atoms with Crippen molar-refractivity contribution >= 4 is 62.0 Å². The van der Waals surface area contributed by atoms with Crippen LogP contribution < -0.4 is 10.2 Å². The maximum Gasteiger partial charge on any atom is 0.230 e. The van der Waals surface area contributed by atoms with Crippen LogP contribution in [-0.2, 0) is 10.5 Å². The van der Waals surface area contributed by atoms with Gasteiger partial charge in [0.15, 0.2) is 9.47 Å². The smallest absolute Gasteiger partial charge is 0.230 e. The zero-order valence-electron chi connectivity index (χ0n) is 17.6. The third-order valence-electron chi connectivity index (χ3n) is 4.73. The van der Waals surface area contributed by atoms with Gasteiger partial charge in [-0.15, -0.1) is 21.5 Å². The topological polar surface area (TPSA) is 71.0 Å². The van der Waals surface area contributed by atoms with E-state index in [0.29, 0.717) is 21.7 Å². The quantitative estimate of drug-likeness (QED) is 0.303. The number of thioether (sulfide) groups is 1. The van der Waals surface area contributed by atoms with Crippen LogP contribution in [0.15, 0.2) is 52.2 Å². The van der Waals surface area contributed by atoms with Crippen LogP contribution in [0.4, 0.5) is 26.0 Å². The Hall–Kier alpha value is -2.82. The standard InChI is InChI=1S/C22H20FN5OS3/c1-13-7-6-10-19(14(13)2)28(15(3)29)21-24-16(11-30-21)12-31-22-27-26-20(32-22)25-18-9-5-4-8-17(18)23/h4-11H,12H2,1-3H3,(H,25,26). The first kappa shape index (κ1) is 22.4. The summed E-state index contributed by atoms with van der Waals surface area (Å²) in [5.74, 6) is 0.162. The number of halogens is 1. The Morgan fingerprint density at radius 2 is 1.97 bits per heavy atom. The van der Waals surface area contributed by atoms with Gasteiger partial charge in [0.25, 0.3) is 0 Å². The Balaban J connectivity index is 1.44. The number of aryl methyl sites for hydroxylation is 1. The zero-order chi connectivity index (χ0) is 22.7. The number of benzene rings is 2. The number of amides is 1. The molecule has 2 aromatic carbocycles. The molecule has 4 rings (SSSR count). The van der Waals surface area contributed by atoms with E-state index in [1.165, 1.54) is 40.5 Å². The number of aromatic nitrogens is 3. The highest BCUT2D eigenvalue weighted by atomic mass is 32.2. The van der Waals surface area contributed by atoms with Crippen molar-refractivity contribution in [2.75, 3.05) is 10.2 Å².